The highest BCUT2D eigenvalue weighted by atomic mass is 16.5. The molecule has 0 aliphatic rings. The van der Waals surface area contributed by atoms with Crippen LogP contribution in [0.1, 0.15) is 31.1 Å². The Kier molecular flexibility index (Phi) is 5.41. The van der Waals surface area contributed by atoms with E-state index in [-0.39, 0.29) is 0 Å². The first-order chi connectivity index (χ1) is 10.7. The van der Waals surface area contributed by atoms with E-state index in [1.807, 2.05) is 30.9 Å². The molecule has 2 aromatic rings. The summed E-state index contributed by atoms with van der Waals surface area (Å²) in [5.41, 5.74) is 1.20. The van der Waals surface area contributed by atoms with Crippen molar-refractivity contribution in [1.82, 2.24) is 15.0 Å². The zero-order chi connectivity index (χ0) is 15.9. The minimum atomic E-state index is -0.401. The summed E-state index contributed by atoms with van der Waals surface area (Å²) in [6.07, 6.45) is 4.92. The summed E-state index contributed by atoms with van der Waals surface area (Å²) < 4.78 is 5.10. The summed E-state index contributed by atoms with van der Waals surface area (Å²) in [5, 5.41) is 0. The van der Waals surface area contributed by atoms with Gasteiger partial charge in [-0.1, -0.05) is 0 Å². The number of rotatable bonds is 6. The van der Waals surface area contributed by atoms with Crippen LogP contribution in [-0.4, -0.2) is 40.6 Å². The first-order valence-electron chi connectivity index (χ1n) is 7.40. The van der Waals surface area contributed by atoms with Crippen LogP contribution in [0.5, 0.6) is 0 Å². The van der Waals surface area contributed by atoms with E-state index < -0.39 is 5.97 Å². The fourth-order valence-electron chi connectivity index (χ4n) is 2.12. The lowest BCUT2D eigenvalue weighted by atomic mass is 10.2. The van der Waals surface area contributed by atoms with Gasteiger partial charge in [0.2, 0.25) is 0 Å². The van der Waals surface area contributed by atoms with E-state index >= 15 is 0 Å². The zero-order valence-electron chi connectivity index (χ0n) is 13.1. The summed E-state index contributed by atoms with van der Waals surface area (Å²) in [5.74, 6) is 0.738. The highest BCUT2D eigenvalue weighted by Crippen LogP contribution is 2.22. The van der Waals surface area contributed by atoms with Crippen LogP contribution in [0.15, 0.2) is 30.7 Å². The minimum absolute atomic E-state index is 0.320. The number of hydrogen-bond donors (Lipinski definition) is 0. The van der Waals surface area contributed by atoms with Gasteiger partial charge in [0, 0.05) is 37.2 Å². The van der Waals surface area contributed by atoms with E-state index in [1.165, 1.54) is 6.20 Å². The Hall–Kier alpha value is -2.50. The number of carbonyl (C=O) groups excluding carboxylic acids is 1. The van der Waals surface area contributed by atoms with Crippen molar-refractivity contribution in [1.29, 1.82) is 0 Å². The molecule has 0 aliphatic heterocycles. The Labute approximate surface area is 130 Å². The molecule has 0 bridgehead atoms. The van der Waals surface area contributed by atoms with Crippen molar-refractivity contribution < 1.29 is 9.53 Å². The van der Waals surface area contributed by atoms with Gasteiger partial charge in [-0.05, 0) is 32.9 Å². The average molecular weight is 300 g/mol. The van der Waals surface area contributed by atoms with E-state index in [0.29, 0.717) is 23.8 Å². The van der Waals surface area contributed by atoms with Crippen LogP contribution < -0.4 is 4.90 Å². The van der Waals surface area contributed by atoms with Crippen LogP contribution in [0.4, 0.5) is 5.82 Å². The average Bonchev–Trinajstić information content (AvgIpc) is 2.57. The van der Waals surface area contributed by atoms with Gasteiger partial charge in [-0.15, -0.1) is 0 Å². The second kappa shape index (κ2) is 7.49. The molecule has 0 saturated heterocycles. The number of ether oxygens (including phenoxy) is 1. The monoisotopic (exact) mass is 300 g/mol. The Morgan fingerprint density at radius 2 is 2.00 bits per heavy atom. The van der Waals surface area contributed by atoms with Gasteiger partial charge in [0.1, 0.15) is 11.4 Å². The van der Waals surface area contributed by atoms with Crippen molar-refractivity contribution in [3.05, 3.63) is 36.3 Å². The molecule has 0 radical (unpaired) electrons. The SMILES string of the molecule is CCOC(=O)c1cnc(-c2cccnc2)nc1N(CC)CC. The van der Waals surface area contributed by atoms with Gasteiger partial charge in [0.05, 0.1) is 6.61 Å². The molecule has 0 unspecified atom stereocenters. The summed E-state index contributed by atoms with van der Waals surface area (Å²) in [4.78, 5) is 27.0. The molecular weight excluding hydrogens is 280 g/mol. The van der Waals surface area contributed by atoms with Crippen molar-refractivity contribution in [2.45, 2.75) is 20.8 Å². The summed E-state index contributed by atoms with van der Waals surface area (Å²) in [6.45, 7) is 7.62. The van der Waals surface area contributed by atoms with Gasteiger partial charge in [-0.2, -0.15) is 0 Å². The van der Waals surface area contributed by atoms with Gasteiger partial charge < -0.3 is 9.64 Å². The van der Waals surface area contributed by atoms with Crippen molar-refractivity contribution in [3.63, 3.8) is 0 Å². The Bertz CT molecular complexity index is 627. The second-order valence-corrected chi connectivity index (χ2v) is 4.57. The summed E-state index contributed by atoms with van der Waals surface area (Å²) in [6, 6.07) is 3.72. The maximum absolute atomic E-state index is 12.1. The molecule has 2 rings (SSSR count). The Morgan fingerprint density at radius 3 is 2.59 bits per heavy atom. The van der Waals surface area contributed by atoms with Crippen LogP contribution in [0.2, 0.25) is 0 Å². The fourth-order valence-corrected chi connectivity index (χ4v) is 2.12. The topological polar surface area (TPSA) is 68.2 Å². The molecule has 0 amide bonds. The van der Waals surface area contributed by atoms with Gasteiger partial charge in [0.15, 0.2) is 5.82 Å². The van der Waals surface area contributed by atoms with E-state index in [0.717, 1.165) is 18.7 Å². The van der Waals surface area contributed by atoms with Crippen molar-refractivity contribution in [3.8, 4) is 11.4 Å². The van der Waals surface area contributed by atoms with Gasteiger partial charge >= 0.3 is 5.97 Å². The summed E-state index contributed by atoms with van der Waals surface area (Å²) in [7, 11) is 0. The number of hydrogen-bond acceptors (Lipinski definition) is 6. The Morgan fingerprint density at radius 1 is 1.23 bits per heavy atom. The quantitative estimate of drug-likeness (QED) is 0.764. The van der Waals surface area contributed by atoms with Crippen molar-refractivity contribution >= 4 is 11.8 Å². The third-order valence-corrected chi connectivity index (χ3v) is 3.25. The molecule has 0 fully saturated rings. The molecule has 0 N–H and O–H groups in total. The lowest BCUT2D eigenvalue weighted by molar-refractivity contribution is 0.0526. The molecule has 2 aromatic heterocycles. The molecule has 0 aliphatic carbocycles. The molecular formula is C16H20N4O2. The first-order valence-corrected chi connectivity index (χ1v) is 7.40. The van der Waals surface area contributed by atoms with Gasteiger partial charge in [-0.25, -0.2) is 14.8 Å². The zero-order valence-corrected chi connectivity index (χ0v) is 13.1. The normalized spacial score (nSPS) is 10.3. The maximum atomic E-state index is 12.1. The second-order valence-electron chi connectivity index (χ2n) is 4.57. The smallest absolute Gasteiger partial charge is 0.343 e. The molecule has 6 nitrogen and oxygen atoms in total. The minimum Gasteiger partial charge on any atom is -0.462 e. The van der Waals surface area contributed by atoms with Gasteiger partial charge in [-0.3, -0.25) is 4.98 Å². The van der Waals surface area contributed by atoms with E-state index in [2.05, 4.69) is 15.0 Å². The number of pyridine rings is 1. The number of esters is 1. The number of aromatic nitrogens is 3. The van der Waals surface area contributed by atoms with Crippen LogP contribution in [-0.2, 0) is 4.74 Å². The van der Waals surface area contributed by atoms with Crippen LogP contribution in [0.3, 0.4) is 0 Å². The first kappa shape index (κ1) is 15.9. The highest BCUT2D eigenvalue weighted by molar-refractivity contribution is 5.94. The predicted molar refractivity (Wildman–Crippen MR) is 84.8 cm³/mol. The third-order valence-electron chi connectivity index (χ3n) is 3.25. The molecule has 0 spiro atoms. The summed E-state index contributed by atoms with van der Waals surface area (Å²) >= 11 is 0. The fraction of sp³-hybridized carbons (Fsp3) is 0.375. The van der Waals surface area contributed by atoms with Gasteiger partial charge in [0.25, 0.3) is 0 Å². The third kappa shape index (κ3) is 3.39. The predicted octanol–water partition coefficient (Wildman–Crippen LogP) is 2.56. The van der Waals surface area contributed by atoms with E-state index in [1.54, 1.807) is 19.3 Å². The number of anilines is 1. The van der Waals surface area contributed by atoms with E-state index in [9.17, 15) is 4.79 Å². The standard InChI is InChI=1S/C16H20N4O2/c1-4-20(5-2)15-13(16(21)22-6-3)11-18-14(19-15)12-8-7-9-17-10-12/h7-11H,4-6H2,1-3H3. The molecule has 22 heavy (non-hydrogen) atoms. The lowest BCUT2D eigenvalue weighted by Gasteiger charge is -2.22. The van der Waals surface area contributed by atoms with Crippen LogP contribution in [0, 0.1) is 0 Å². The molecule has 116 valence electrons. The van der Waals surface area contributed by atoms with Crippen molar-refractivity contribution in [2.24, 2.45) is 0 Å². The molecule has 2 heterocycles. The molecule has 0 atom stereocenters. The largest absolute Gasteiger partial charge is 0.462 e. The Balaban J connectivity index is 2.50. The highest BCUT2D eigenvalue weighted by Gasteiger charge is 2.19. The molecule has 0 saturated carbocycles. The number of carbonyl (C=O) groups is 1. The van der Waals surface area contributed by atoms with Crippen LogP contribution in [0.25, 0.3) is 11.4 Å². The van der Waals surface area contributed by atoms with E-state index in [4.69, 9.17) is 4.74 Å². The number of nitrogens with zero attached hydrogens (tertiary/aromatic N) is 4. The molecule has 6 heteroatoms. The van der Waals surface area contributed by atoms with Crippen LogP contribution >= 0.6 is 0 Å². The molecule has 0 aromatic carbocycles. The maximum Gasteiger partial charge on any atom is 0.343 e. The van der Waals surface area contributed by atoms with Crippen molar-refractivity contribution in [2.75, 3.05) is 24.6 Å². The lowest BCUT2D eigenvalue weighted by Crippen LogP contribution is -2.26.